The van der Waals surface area contributed by atoms with Crippen LogP contribution in [0, 0.1) is 12.8 Å². The number of hydrogen-bond donors (Lipinski definition) is 0. The van der Waals surface area contributed by atoms with Crippen molar-refractivity contribution in [1.29, 1.82) is 0 Å². The van der Waals surface area contributed by atoms with Gasteiger partial charge in [0.25, 0.3) is 0 Å². The van der Waals surface area contributed by atoms with Crippen LogP contribution in [0.2, 0.25) is 0 Å². The third kappa shape index (κ3) is 2.98. The SMILES string of the molecule is CC=C(c1cc(C)ccc1CCC)C(C)C. The molecule has 0 spiro atoms. The van der Waals surface area contributed by atoms with Crippen LogP contribution in [-0.2, 0) is 6.42 Å². The molecular weight excluding hydrogens is 192 g/mol. The van der Waals surface area contributed by atoms with Gasteiger partial charge in [-0.1, -0.05) is 57.0 Å². The van der Waals surface area contributed by atoms with Crippen LogP contribution in [0.5, 0.6) is 0 Å². The summed E-state index contributed by atoms with van der Waals surface area (Å²) in [5, 5.41) is 0. The van der Waals surface area contributed by atoms with Crippen molar-refractivity contribution in [2.75, 3.05) is 0 Å². The highest BCUT2D eigenvalue weighted by molar-refractivity contribution is 5.70. The zero-order valence-electron chi connectivity index (χ0n) is 11.3. The second-order valence-electron chi connectivity index (χ2n) is 4.81. The molecule has 1 rings (SSSR count). The molecule has 0 aromatic heterocycles. The average molecular weight is 216 g/mol. The van der Waals surface area contributed by atoms with Gasteiger partial charge in [-0.25, -0.2) is 0 Å². The Labute approximate surface area is 100 Å². The van der Waals surface area contributed by atoms with Crippen LogP contribution < -0.4 is 0 Å². The lowest BCUT2D eigenvalue weighted by Gasteiger charge is -2.16. The molecule has 0 heteroatoms. The first-order valence-corrected chi connectivity index (χ1v) is 6.36. The minimum atomic E-state index is 0.599. The van der Waals surface area contributed by atoms with Crippen molar-refractivity contribution in [3.05, 3.63) is 41.0 Å². The molecule has 16 heavy (non-hydrogen) atoms. The maximum Gasteiger partial charge on any atom is -0.0190 e. The fourth-order valence-electron chi connectivity index (χ4n) is 2.25. The van der Waals surface area contributed by atoms with Gasteiger partial charge in [-0.15, -0.1) is 0 Å². The van der Waals surface area contributed by atoms with Crippen molar-refractivity contribution in [3.63, 3.8) is 0 Å². The largest absolute Gasteiger partial charge is 0.0836 e. The van der Waals surface area contributed by atoms with Gasteiger partial charge in [-0.3, -0.25) is 0 Å². The van der Waals surface area contributed by atoms with Crippen molar-refractivity contribution in [2.45, 2.75) is 47.5 Å². The van der Waals surface area contributed by atoms with E-state index < -0.39 is 0 Å². The maximum atomic E-state index is 2.33. The van der Waals surface area contributed by atoms with Gasteiger partial charge < -0.3 is 0 Å². The molecular formula is C16H24. The predicted octanol–water partition coefficient (Wildman–Crippen LogP) is 5.01. The average Bonchev–Trinajstić information content (AvgIpc) is 2.22. The van der Waals surface area contributed by atoms with Gasteiger partial charge >= 0.3 is 0 Å². The van der Waals surface area contributed by atoms with Gasteiger partial charge in [0.2, 0.25) is 0 Å². The Morgan fingerprint density at radius 3 is 2.50 bits per heavy atom. The van der Waals surface area contributed by atoms with Crippen LogP contribution >= 0.6 is 0 Å². The fourth-order valence-corrected chi connectivity index (χ4v) is 2.25. The molecule has 0 radical (unpaired) electrons. The first kappa shape index (κ1) is 13.0. The molecule has 88 valence electrons. The van der Waals surface area contributed by atoms with E-state index in [9.17, 15) is 0 Å². The lowest BCUT2D eigenvalue weighted by atomic mass is 9.89. The number of allylic oxidation sites excluding steroid dienone is 2. The molecule has 1 aromatic carbocycles. The molecule has 0 aliphatic carbocycles. The van der Waals surface area contributed by atoms with Crippen LogP contribution in [0.25, 0.3) is 5.57 Å². The second kappa shape index (κ2) is 5.89. The summed E-state index contributed by atoms with van der Waals surface area (Å²) in [5.74, 6) is 0.599. The number of rotatable bonds is 4. The summed E-state index contributed by atoms with van der Waals surface area (Å²) in [7, 11) is 0. The predicted molar refractivity (Wildman–Crippen MR) is 73.7 cm³/mol. The van der Waals surface area contributed by atoms with Crippen LogP contribution in [-0.4, -0.2) is 0 Å². The molecule has 0 atom stereocenters. The van der Waals surface area contributed by atoms with Gasteiger partial charge in [-0.2, -0.15) is 0 Å². The molecule has 0 heterocycles. The molecule has 0 bridgehead atoms. The monoisotopic (exact) mass is 216 g/mol. The Hall–Kier alpha value is -1.04. The smallest absolute Gasteiger partial charge is 0.0190 e. The van der Waals surface area contributed by atoms with Crippen LogP contribution in [0.3, 0.4) is 0 Å². The molecule has 0 aliphatic heterocycles. The third-order valence-corrected chi connectivity index (χ3v) is 3.03. The van der Waals surface area contributed by atoms with Crippen molar-refractivity contribution in [3.8, 4) is 0 Å². The molecule has 0 fully saturated rings. The molecule has 0 unspecified atom stereocenters. The minimum Gasteiger partial charge on any atom is -0.0836 e. The van der Waals surface area contributed by atoms with Gasteiger partial charge in [0, 0.05) is 0 Å². The van der Waals surface area contributed by atoms with Crippen molar-refractivity contribution in [2.24, 2.45) is 5.92 Å². The summed E-state index contributed by atoms with van der Waals surface area (Å²) >= 11 is 0. The first-order valence-electron chi connectivity index (χ1n) is 6.36. The second-order valence-corrected chi connectivity index (χ2v) is 4.81. The van der Waals surface area contributed by atoms with E-state index in [4.69, 9.17) is 0 Å². The summed E-state index contributed by atoms with van der Waals surface area (Å²) < 4.78 is 0. The van der Waals surface area contributed by atoms with E-state index in [1.807, 2.05) is 0 Å². The highest BCUT2D eigenvalue weighted by Gasteiger charge is 2.10. The van der Waals surface area contributed by atoms with Crippen molar-refractivity contribution >= 4 is 5.57 Å². The fraction of sp³-hybridized carbons (Fsp3) is 0.500. The van der Waals surface area contributed by atoms with Gasteiger partial charge in [0.15, 0.2) is 0 Å². The molecule has 0 saturated carbocycles. The number of aryl methyl sites for hydroxylation is 2. The summed E-state index contributed by atoms with van der Waals surface area (Å²) in [6.07, 6.45) is 4.66. The normalized spacial score (nSPS) is 12.2. The summed E-state index contributed by atoms with van der Waals surface area (Å²) in [4.78, 5) is 0. The van der Waals surface area contributed by atoms with Crippen LogP contribution in [0.1, 0.15) is 50.8 Å². The highest BCUT2D eigenvalue weighted by atomic mass is 14.1. The molecule has 0 saturated heterocycles. The Bertz CT molecular complexity index is 370. The van der Waals surface area contributed by atoms with E-state index in [-0.39, 0.29) is 0 Å². The van der Waals surface area contributed by atoms with E-state index >= 15 is 0 Å². The maximum absolute atomic E-state index is 2.33. The van der Waals surface area contributed by atoms with Crippen LogP contribution in [0.15, 0.2) is 24.3 Å². The Balaban J connectivity index is 3.23. The summed E-state index contributed by atoms with van der Waals surface area (Å²) in [6.45, 7) is 11.1. The zero-order valence-corrected chi connectivity index (χ0v) is 11.3. The lowest BCUT2D eigenvalue weighted by molar-refractivity contribution is 0.844. The molecule has 1 aromatic rings. The Kier molecular flexibility index (Phi) is 4.79. The highest BCUT2D eigenvalue weighted by Crippen LogP contribution is 2.27. The molecule has 0 N–H and O–H groups in total. The van der Waals surface area contributed by atoms with E-state index in [0.717, 1.165) is 0 Å². The summed E-state index contributed by atoms with van der Waals surface area (Å²) in [6, 6.07) is 6.85. The summed E-state index contributed by atoms with van der Waals surface area (Å²) in [5.41, 5.74) is 5.79. The van der Waals surface area contributed by atoms with E-state index in [1.54, 1.807) is 0 Å². The Morgan fingerprint density at radius 1 is 1.31 bits per heavy atom. The van der Waals surface area contributed by atoms with Crippen molar-refractivity contribution in [1.82, 2.24) is 0 Å². The minimum absolute atomic E-state index is 0.599. The third-order valence-electron chi connectivity index (χ3n) is 3.03. The van der Waals surface area contributed by atoms with Gasteiger partial charge in [0.05, 0.1) is 0 Å². The lowest BCUT2D eigenvalue weighted by Crippen LogP contribution is -1.99. The zero-order chi connectivity index (χ0) is 12.1. The first-order chi connectivity index (χ1) is 7.60. The van der Waals surface area contributed by atoms with E-state index in [0.29, 0.717) is 5.92 Å². The van der Waals surface area contributed by atoms with Gasteiger partial charge in [0.1, 0.15) is 0 Å². The van der Waals surface area contributed by atoms with Crippen molar-refractivity contribution < 1.29 is 0 Å². The van der Waals surface area contributed by atoms with Crippen LogP contribution in [0.4, 0.5) is 0 Å². The van der Waals surface area contributed by atoms with E-state index in [2.05, 4.69) is 58.9 Å². The number of hydrogen-bond acceptors (Lipinski definition) is 0. The van der Waals surface area contributed by atoms with Gasteiger partial charge in [-0.05, 0) is 42.9 Å². The topological polar surface area (TPSA) is 0 Å². The quantitative estimate of drug-likeness (QED) is 0.664. The molecule has 0 amide bonds. The molecule has 0 nitrogen and oxygen atoms in total. The Morgan fingerprint density at radius 2 is 2.00 bits per heavy atom. The number of benzene rings is 1. The standard InChI is InChI=1S/C16H24/c1-6-8-14-10-9-13(5)11-16(14)15(7-2)12(3)4/h7,9-12H,6,8H2,1-5H3. The molecule has 0 aliphatic rings. The van der Waals surface area contributed by atoms with E-state index in [1.165, 1.54) is 35.1 Å².